The second kappa shape index (κ2) is 4.21. The molecule has 1 aromatic carbocycles. The first-order valence-corrected chi connectivity index (χ1v) is 6.30. The van der Waals surface area contributed by atoms with Crippen molar-refractivity contribution in [3.05, 3.63) is 29.6 Å². The van der Waals surface area contributed by atoms with Crippen LogP contribution in [0.1, 0.15) is 25.8 Å². The van der Waals surface area contributed by atoms with Crippen LogP contribution in [0.3, 0.4) is 0 Å². The van der Waals surface area contributed by atoms with Crippen molar-refractivity contribution in [2.75, 3.05) is 6.61 Å². The first kappa shape index (κ1) is 11.9. The zero-order valence-corrected chi connectivity index (χ0v) is 10.6. The van der Waals surface area contributed by atoms with E-state index in [9.17, 15) is 4.39 Å². The Bertz CT molecular complexity index is 458. The molecule has 2 heterocycles. The summed E-state index contributed by atoms with van der Waals surface area (Å²) in [6, 6.07) is 4.66. The summed E-state index contributed by atoms with van der Waals surface area (Å²) in [4.78, 5) is 0. The molecule has 3 nitrogen and oxygen atoms in total. The number of aryl methyl sites for hydroxylation is 1. The third kappa shape index (κ3) is 2.22. The first-order valence-electron chi connectivity index (χ1n) is 6.30. The van der Waals surface area contributed by atoms with E-state index in [4.69, 9.17) is 14.2 Å². The van der Waals surface area contributed by atoms with Crippen LogP contribution in [0, 0.1) is 5.82 Å². The van der Waals surface area contributed by atoms with E-state index in [0.717, 1.165) is 24.2 Å². The van der Waals surface area contributed by atoms with Crippen LogP contribution in [0.2, 0.25) is 0 Å². The van der Waals surface area contributed by atoms with Crippen LogP contribution >= 0.6 is 0 Å². The van der Waals surface area contributed by atoms with Gasteiger partial charge in [-0.2, -0.15) is 0 Å². The van der Waals surface area contributed by atoms with Crippen molar-refractivity contribution in [3.63, 3.8) is 0 Å². The maximum atomic E-state index is 13.1. The monoisotopic (exact) mass is 252 g/mol. The minimum Gasteiger partial charge on any atom is -0.487 e. The van der Waals surface area contributed by atoms with Crippen LogP contribution in [0.25, 0.3) is 0 Å². The number of hydrogen-bond acceptors (Lipinski definition) is 3. The van der Waals surface area contributed by atoms with E-state index >= 15 is 0 Å². The summed E-state index contributed by atoms with van der Waals surface area (Å²) in [5.74, 6) is 0.0234. The van der Waals surface area contributed by atoms with Gasteiger partial charge in [-0.25, -0.2) is 4.39 Å². The second-order valence-electron chi connectivity index (χ2n) is 5.31. The molecule has 0 amide bonds. The number of ether oxygens (including phenoxy) is 3. The van der Waals surface area contributed by atoms with Crippen LogP contribution in [0.4, 0.5) is 4.39 Å². The average Bonchev–Trinajstić information content (AvgIpc) is 2.69. The van der Waals surface area contributed by atoms with Gasteiger partial charge in [-0.15, -0.1) is 0 Å². The summed E-state index contributed by atoms with van der Waals surface area (Å²) >= 11 is 0. The quantitative estimate of drug-likeness (QED) is 0.769. The van der Waals surface area contributed by atoms with Crippen LogP contribution in [-0.4, -0.2) is 24.6 Å². The molecule has 0 radical (unpaired) electrons. The number of halogens is 1. The highest BCUT2D eigenvalue weighted by Crippen LogP contribution is 2.33. The first-order chi connectivity index (χ1) is 8.53. The van der Waals surface area contributed by atoms with Gasteiger partial charge in [0.25, 0.3) is 0 Å². The molecule has 1 aromatic rings. The summed E-state index contributed by atoms with van der Waals surface area (Å²) in [5, 5.41) is 0. The van der Waals surface area contributed by atoms with Crippen LogP contribution < -0.4 is 4.74 Å². The maximum Gasteiger partial charge on any atom is 0.163 e. The normalized spacial score (nSPS) is 29.7. The number of benzene rings is 1. The molecule has 1 saturated heterocycles. The Morgan fingerprint density at radius 2 is 2.11 bits per heavy atom. The van der Waals surface area contributed by atoms with E-state index in [1.165, 1.54) is 6.07 Å². The molecular formula is C14H17FO3. The Morgan fingerprint density at radius 1 is 1.28 bits per heavy atom. The van der Waals surface area contributed by atoms with Crippen LogP contribution in [0.15, 0.2) is 18.2 Å². The standard InChI is InChI=1S/C14H17FO3/c1-14(2)16-8-13(18-14)12-5-3-9-7-10(15)4-6-11(9)17-12/h4,6-7,12-13H,3,5,8H2,1-2H3/t12-,13-/m0/s1. The van der Waals surface area contributed by atoms with Crippen molar-refractivity contribution < 1.29 is 18.6 Å². The Labute approximate surface area is 106 Å². The Morgan fingerprint density at radius 3 is 2.83 bits per heavy atom. The molecule has 0 aliphatic carbocycles. The van der Waals surface area contributed by atoms with Gasteiger partial charge in [0.1, 0.15) is 23.8 Å². The molecule has 0 spiro atoms. The highest BCUT2D eigenvalue weighted by Gasteiger charge is 2.39. The molecule has 18 heavy (non-hydrogen) atoms. The lowest BCUT2D eigenvalue weighted by atomic mass is 9.99. The maximum absolute atomic E-state index is 13.1. The average molecular weight is 252 g/mol. The molecule has 98 valence electrons. The summed E-state index contributed by atoms with van der Waals surface area (Å²) in [7, 11) is 0. The summed E-state index contributed by atoms with van der Waals surface area (Å²) < 4.78 is 30.3. The van der Waals surface area contributed by atoms with Crippen molar-refractivity contribution in [3.8, 4) is 5.75 Å². The minimum absolute atomic E-state index is 0.00950. The van der Waals surface area contributed by atoms with Crippen molar-refractivity contribution >= 4 is 0 Å². The fourth-order valence-electron chi connectivity index (χ4n) is 2.54. The molecule has 0 unspecified atom stereocenters. The lowest BCUT2D eigenvalue weighted by molar-refractivity contribution is -0.149. The topological polar surface area (TPSA) is 27.7 Å². The SMILES string of the molecule is CC1(C)OC[C@@H]([C@@H]2CCc3cc(F)ccc3O2)O1. The smallest absolute Gasteiger partial charge is 0.163 e. The van der Waals surface area contributed by atoms with Gasteiger partial charge < -0.3 is 14.2 Å². The highest BCUT2D eigenvalue weighted by molar-refractivity contribution is 5.36. The van der Waals surface area contributed by atoms with Gasteiger partial charge in [0.2, 0.25) is 0 Å². The third-order valence-corrected chi connectivity index (χ3v) is 3.44. The molecule has 3 rings (SSSR count). The molecule has 0 bridgehead atoms. The molecule has 2 aliphatic heterocycles. The van der Waals surface area contributed by atoms with Gasteiger partial charge in [0.05, 0.1) is 6.61 Å². The van der Waals surface area contributed by atoms with Crippen molar-refractivity contribution in [2.24, 2.45) is 0 Å². The lowest BCUT2D eigenvalue weighted by Crippen LogP contribution is -2.37. The summed E-state index contributed by atoms with van der Waals surface area (Å²) in [6.07, 6.45) is 1.60. The number of hydrogen-bond donors (Lipinski definition) is 0. The Balaban J connectivity index is 1.74. The second-order valence-corrected chi connectivity index (χ2v) is 5.31. The fraction of sp³-hybridized carbons (Fsp3) is 0.571. The Kier molecular flexibility index (Phi) is 2.79. The van der Waals surface area contributed by atoms with Gasteiger partial charge in [-0.1, -0.05) is 0 Å². The van der Waals surface area contributed by atoms with Crippen LogP contribution in [-0.2, 0) is 15.9 Å². The van der Waals surface area contributed by atoms with E-state index in [-0.39, 0.29) is 18.0 Å². The summed E-state index contributed by atoms with van der Waals surface area (Å²) in [5.41, 5.74) is 0.935. The predicted molar refractivity (Wildman–Crippen MR) is 64.0 cm³/mol. The van der Waals surface area contributed by atoms with E-state index in [0.29, 0.717) is 6.61 Å². The fourth-order valence-corrected chi connectivity index (χ4v) is 2.54. The van der Waals surface area contributed by atoms with E-state index in [2.05, 4.69) is 0 Å². The zero-order valence-electron chi connectivity index (χ0n) is 10.6. The highest BCUT2D eigenvalue weighted by atomic mass is 19.1. The summed E-state index contributed by atoms with van der Waals surface area (Å²) in [6.45, 7) is 4.35. The van der Waals surface area contributed by atoms with Gasteiger partial charge >= 0.3 is 0 Å². The van der Waals surface area contributed by atoms with Gasteiger partial charge in [0, 0.05) is 0 Å². The predicted octanol–water partition coefficient (Wildman–Crippen LogP) is 2.67. The van der Waals surface area contributed by atoms with E-state index in [1.807, 2.05) is 13.8 Å². The zero-order chi connectivity index (χ0) is 12.8. The van der Waals surface area contributed by atoms with E-state index < -0.39 is 5.79 Å². The minimum atomic E-state index is -0.531. The van der Waals surface area contributed by atoms with Crippen LogP contribution in [0.5, 0.6) is 5.75 Å². The number of fused-ring (bicyclic) bond motifs is 1. The lowest BCUT2D eigenvalue weighted by Gasteiger charge is -2.30. The van der Waals surface area contributed by atoms with E-state index in [1.54, 1.807) is 12.1 Å². The van der Waals surface area contributed by atoms with Gasteiger partial charge in [-0.05, 0) is 50.5 Å². The molecule has 4 heteroatoms. The molecule has 1 fully saturated rings. The van der Waals surface area contributed by atoms with Crippen molar-refractivity contribution in [2.45, 2.75) is 44.7 Å². The largest absolute Gasteiger partial charge is 0.487 e. The molecule has 0 saturated carbocycles. The van der Waals surface area contributed by atoms with Crippen molar-refractivity contribution in [1.29, 1.82) is 0 Å². The Hall–Kier alpha value is -1.13. The molecule has 2 aliphatic rings. The third-order valence-electron chi connectivity index (χ3n) is 3.44. The van der Waals surface area contributed by atoms with Crippen molar-refractivity contribution in [1.82, 2.24) is 0 Å². The molecule has 0 aromatic heterocycles. The van der Waals surface area contributed by atoms with Gasteiger partial charge in [-0.3, -0.25) is 0 Å². The van der Waals surface area contributed by atoms with Gasteiger partial charge in [0.15, 0.2) is 5.79 Å². The molecular weight excluding hydrogens is 235 g/mol. The number of rotatable bonds is 1. The molecule has 2 atom stereocenters. The molecule has 0 N–H and O–H groups in total.